The Balaban J connectivity index is 2.25. The van der Waals surface area contributed by atoms with Crippen LogP contribution in [-0.2, 0) is 18.3 Å². The highest BCUT2D eigenvalue weighted by molar-refractivity contribution is 5.94. The number of ether oxygens (including phenoxy) is 1. The molecule has 0 N–H and O–H groups in total. The molecule has 0 radical (unpaired) electrons. The van der Waals surface area contributed by atoms with Crippen molar-refractivity contribution in [1.82, 2.24) is 14.1 Å². The van der Waals surface area contributed by atoms with Gasteiger partial charge < -0.3 is 4.74 Å². The fourth-order valence-corrected chi connectivity index (χ4v) is 2.55. The van der Waals surface area contributed by atoms with Crippen LogP contribution < -0.4 is 11.2 Å². The van der Waals surface area contributed by atoms with Gasteiger partial charge in [0, 0.05) is 13.2 Å². The molecule has 0 saturated heterocycles. The number of methoxy groups -OCH3 is 1. The van der Waals surface area contributed by atoms with E-state index in [1.807, 2.05) is 0 Å². The Morgan fingerprint density at radius 2 is 2.00 bits per heavy atom. The van der Waals surface area contributed by atoms with E-state index in [0.717, 1.165) is 4.57 Å². The lowest BCUT2D eigenvalue weighted by molar-refractivity contribution is 0.0601. The first-order valence-corrected chi connectivity index (χ1v) is 7.24. The van der Waals surface area contributed by atoms with Crippen molar-refractivity contribution >= 4 is 16.9 Å². The number of rotatable bonds is 3. The van der Waals surface area contributed by atoms with Gasteiger partial charge in [-0.3, -0.25) is 18.9 Å². The van der Waals surface area contributed by atoms with Gasteiger partial charge in [-0.2, -0.15) is 0 Å². The molecule has 0 fully saturated rings. The van der Waals surface area contributed by atoms with E-state index in [4.69, 9.17) is 0 Å². The zero-order chi connectivity index (χ0) is 17.3. The van der Waals surface area contributed by atoms with E-state index in [1.54, 1.807) is 37.5 Å². The summed E-state index contributed by atoms with van der Waals surface area (Å²) in [6, 6.07) is 9.81. The van der Waals surface area contributed by atoms with Crippen LogP contribution in [0.15, 0.2) is 52.2 Å². The van der Waals surface area contributed by atoms with Gasteiger partial charge in [-0.05, 0) is 30.3 Å². The van der Waals surface area contributed by atoms with Crippen LogP contribution in [0.1, 0.15) is 16.1 Å². The molecule has 0 aliphatic rings. The largest absolute Gasteiger partial charge is 0.465 e. The van der Waals surface area contributed by atoms with Crippen molar-refractivity contribution in [2.75, 3.05) is 7.11 Å². The third kappa shape index (κ3) is 2.60. The molecular weight excluding hydrogens is 310 g/mol. The minimum atomic E-state index is -0.540. The summed E-state index contributed by atoms with van der Waals surface area (Å²) < 4.78 is 7.16. The number of hydrogen-bond acceptors (Lipinski definition) is 5. The Bertz CT molecular complexity index is 1040. The lowest BCUT2D eigenvalue weighted by Crippen LogP contribution is -2.39. The molecule has 0 aliphatic heterocycles. The molecule has 7 heteroatoms. The van der Waals surface area contributed by atoms with Crippen LogP contribution in [0.25, 0.3) is 10.9 Å². The highest BCUT2D eigenvalue weighted by Gasteiger charge is 2.14. The number of aromatic nitrogens is 3. The quantitative estimate of drug-likeness (QED) is 0.669. The van der Waals surface area contributed by atoms with Crippen LogP contribution in [0.5, 0.6) is 0 Å². The number of nitrogens with zero attached hydrogens (tertiary/aromatic N) is 3. The number of carbonyl (C=O) groups is 1. The van der Waals surface area contributed by atoms with Crippen LogP contribution in [0.2, 0.25) is 0 Å². The van der Waals surface area contributed by atoms with E-state index in [0.29, 0.717) is 11.2 Å². The number of pyridine rings is 1. The average Bonchev–Trinajstić information content (AvgIpc) is 2.63. The third-order valence-electron chi connectivity index (χ3n) is 3.82. The van der Waals surface area contributed by atoms with Gasteiger partial charge in [-0.25, -0.2) is 9.59 Å². The molecule has 3 rings (SSSR count). The van der Waals surface area contributed by atoms with E-state index in [2.05, 4.69) is 9.72 Å². The van der Waals surface area contributed by atoms with Gasteiger partial charge in [0.1, 0.15) is 0 Å². The summed E-state index contributed by atoms with van der Waals surface area (Å²) in [7, 11) is 2.85. The summed E-state index contributed by atoms with van der Waals surface area (Å²) in [4.78, 5) is 41.1. The molecule has 0 aliphatic carbocycles. The fraction of sp³-hybridized carbons (Fsp3) is 0.176. The fourth-order valence-electron chi connectivity index (χ4n) is 2.55. The van der Waals surface area contributed by atoms with Gasteiger partial charge in [-0.15, -0.1) is 0 Å². The first kappa shape index (κ1) is 15.7. The van der Waals surface area contributed by atoms with Crippen molar-refractivity contribution in [2.45, 2.75) is 6.54 Å². The minimum absolute atomic E-state index is 0.0603. The Morgan fingerprint density at radius 3 is 2.67 bits per heavy atom. The van der Waals surface area contributed by atoms with Crippen molar-refractivity contribution < 1.29 is 9.53 Å². The molecule has 3 aromatic rings. The lowest BCUT2D eigenvalue weighted by Gasteiger charge is -2.11. The summed E-state index contributed by atoms with van der Waals surface area (Å²) >= 11 is 0. The Kier molecular flexibility index (Phi) is 3.99. The summed E-state index contributed by atoms with van der Waals surface area (Å²) in [6.07, 6.45) is 1.60. The Morgan fingerprint density at radius 1 is 1.21 bits per heavy atom. The van der Waals surface area contributed by atoms with E-state index >= 15 is 0 Å². The van der Waals surface area contributed by atoms with Crippen LogP contribution >= 0.6 is 0 Å². The van der Waals surface area contributed by atoms with Crippen molar-refractivity contribution in [2.24, 2.45) is 7.05 Å². The number of benzene rings is 1. The second kappa shape index (κ2) is 6.11. The predicted molar refractivity (Wildman–Crippen MR) is 88.1 cm³/mol. The van der Waals surface area contributed by atoms with Crippen molar-refractivity contribution in [3.8, 4) is 0 Å². The molecule has 0 saturated carbocycles. The Hall–Kier alpha value is -3.22. The van der Waals surface area contributed by atoms with Gasteiger partial charge in [-0.1, -0.05) is 6.07 Å². The van der Waals surface area contributed by atoms with Gasteiger partial charge in [0.2, 0.25) is 0 Å². The van der Waals surface area contributed by atoms with Gasteiger partial charge in [0.15, 0.2) is 0 Å². The predicted octanol–water partition coefficient (Wildman–Crippen LogP) is 0.930. The topological polar surface area (TPSA) is 83.2 Å². The second-order valence-corrected chi connectivity index (χ2v) is 5.28. The number of fused-ring (bicyclic) bond motifs is 1. The number of hydrogen-bond donors (Lipinski definition) is 0. The maximum atomic E-state index is 12.7. The maximum absolute atomic E-state index is 12.7. The molecule has 7 nitrogen and oxygen atoms in total. The number of esters is 1. The van der Waals surface area contributed by atoms with Crippen molar-refractivity contribution in [3.05, 3.63) is 74.7 Å². The van der Waals surface area contributed by atoms with Crippen LogP contribution in [0.3, 0.4) is 0 Å². The first-order valence-electron chi connectivity index (χ1n) is 7.24. The van der Waals surface area contributed by atoms with Gasteiger partial charge in [0.25, 0.3) is 5.56 Å². The van der Waals surface area contributed by atoms with E-state index in [9.17, 15) is 14.4 Å². The van der Waals surface area contributed by atoms with E-state index in [1.165, 1.54) is 23.8 Å². The third-order valence-corrected chi connectivity index (χ3v) is 3.82. The maximum Gasteiger partial charge on any atom is 0.337 e. The Labute approximate surface area is 136 Å². The summed E-state index contributed by atoms with van der Waals surface area (Å²) in [5.41, 5.74) is 0.397. The summed E-state index contributed by atoms with van der Waals surface area (Å²) in [6.45, 7) is 0.0603. The molecule has 0 bridgehead atoms. The molecule has 0 unspecified atom stereocenters. The van der Waals surface area contributed by atoms with E-state index in [-0.39, 0.29) is 17.5 Å². The van der Waals surface area contributed by atoms with Gasteiger partial charge >= 0.3 is 11.7 Å². The number of aryl methyl sites for hydroxylation is 1. The van der Waals surface area contributed by atoms with Crippen LogP contribution in [-0.4, -0.2) is 27.2 Å². The molecule has 24 heavy (non-hydrogen) atoms. The zero-order valence-corrected chi connectivity index (χ0v) is 13.2. The van der Waals surface area contributed by atoms with Crippen molar-refractivity contribution in [3.63, 3.8) is 0 Å². The highest BCUT2D eigenvalue weighted by atomic mass is 16.5. The number of carbonyl (C=O) groups excluding carboxylic acids is 1. The molecule has 0 atom stereocenters. The molecule has 1 aromatic carbocycles. The first-order chi connectivity index (χ1) is 11.5. The van der Waals surface area contributed by atoms with Gasteiger partial charge in [0.05, 0.1) is 35.8 Å². The lowest BCUT2D eigenvalue weighted by atomic mass is 10.1. The minimum Gasteiger partial charge on any atom is -0.465 e. The monoisotopic (exact) mass is 325 g/mol. The van der Waals surface area contributed by atoms with Crippen molar-refractivity contribution in [1.29, 1.82) is 0 Å². The summed E-state index contributed by atoms with van der Waals surface area (Å²) in [5, 5.41) is 0.274. The molecule has 2 heterocycles. The smallest absolute Gasteiger partial charge is 0.337 e. The SMILES string of the molecule is COC(=O)c1ccc2c(c1)c(=O)n(Cc1ccccn1)c(=O)n2C. The molecule has 0 amide bonds. The van der Waals surface area contributed by atoms with Crippen LogP contribution in [0.4, 0.5) is 0 Å². The molecule has 0 spiro atoms. The standard InChI is InChI=1S/C17H15N3O4/c1-19-14-7-6-11(16(22)24-2)9-13(14)15(21)20(17(19)23)10-12-5-3-4-8-18-12/h3-9H,10H2,1-2H3. The molecule has 2 aromatic heterocycles. The molecule has 122 valence electrons. The summed E-state index contributed by atoms with van der Waals surface area (Å²) in [5.74, 6) is -0.540. The highest BCUT2D eigenvalue weighted by Crippen LogP contribution is 2.12. The zero-order valence-electron chi connectivity index (χ0n) is 13.2. The second-order valence-electron chi connectivity index (χ2n) is 5.28. The van der Waals surface area contributed by atoms with E-state index < -0.39 is 17.2 Å². The normalized spacial score (nSPS) is 10.8. The average molecular weight is 325 g/mol. The van der Waals surface area contributed by atoms with Crippen LogP contribution in [0, 0.1) is 0 Å². The molecular formula is C17H15N3O4.